The lowest BCUT2D eigenvalue weighted by Gasteiger charge is -2.24. The van der Waals surface area contributed by atoms with Gasteiger partial charge in [0.1, 0.15) is 12.2 Å². The molecule has 3 rings (SSSR count). The Kier molecular flexibility index (Phi) is 3.91. The lowest BCUT2D eigenvalue weighted by atomic mass is 9.96. The molecular weight excluding hydrogens is 248 g/mol. The molecule has 3 aliphatic rings. The van der Waals surface area contributed by atoms with E-state index in [2.05, 4.69) is 5.32 Å². The van der Waals surface area contributed by atoms with Gasteiger partial charge in [-0.1, -0.05) is 19.3 Å². The van der Waals surface area contributed by atoms with Crippen LogP contribution < -0.4 is 11.1 Å². The molecule has 0 aromatic heterocycles. The number of ether oxygens (including phenoxy) is 3. The largest absolute Gasteiger partial charge is 0.441 e. The van der Waals surface area contributed by atoms with E-state index >= 15 is 0 Å². The van der Waals surface area contributed by atoms with E-state index in [1.807, 2.05) is 0 Å². The van der Waals surface area contributed by atoms with Crippen LogP contribution in [0.3, 0.4) is 0 Å². The molecule has 3 fully saturated rings. The summed E-state index contributed by atoms with van der Waals surface area (Å²) in [6.07, 6.45) is 4.69. The predicted molar refractivity (Wildman–Crippen MR) is 67.7 cm³/mol. The molecule has 0 radical (unpaired) electrons. The molecular formula is C13H22N2O4. The quantitative estimate of drug-likeness (QED) is 0.765. The highest BCUT2D eigenvalue weighted by Gasteiger charge is 2.48. The number of hydrogen-bond acceptors (Lipinski definition) is 5. The van der Waals surface area contributed by atoms with Crippen molar-refractivity contribution in [3.05, 3.63) is 0 Å². The molecule has 0 aromatic rings. The molecule has 1 saturated carbocycles. The zero-order valence-corrected chi connectivity index (χ0v) is 11.0. The number of nitrogens with one attached hydrogen (secondary N) is 1. The minimum Gasteiger partial charge on any atom is -0.441 e. The molecule has 19 heavy (non-hydrogen) atoms. The summed E-state index contributed by atoms with van der Waals surface area (Å²) in [6.45, 7) is 0.848. The minimum atomic E-state index is -0.356. The van der Waals surface area contributed by atoms with E-state index in [1.165, 1.54) is 19.3 Å². The first kappa shape index (κ1) is 13.1. The van der Waals surface area contributed by atoms with Crippen molar-refractivity contribution in [3.63, 3.8) is 0 Å². The lowest BCUT2D eigenvalue weighted by molar-refractivity contribution is 0.00296. The third-order valence-electron chi connectivity index (χ3n) is 4.23. The second kappa shape index (κ2) is 5.64. The number of carbonyl (C=O) groups excluding carboxylic acids is 1. The van der Waals surface area contributed by atoms with Gasteiger partial charge in [0, 0.05) is 6.04 Å². The highest BCUT2D eigenvalue weighted by molar-refractivity contribution is 5.67. The highest BCUT2D eigenvalue weighted by Crippen LogP contribution is 2.28. The SMILES string of the molecule is NC1COC2C(OC(=O)NC3CCCCC3)COC12. The van der Waals surface area contributed by atoms with Crippen LogP contribution >= 0.6 is 0 Å². The lowest BCUT2D eigenvalue weighted by Crippen LogP contribution is -2.42. The summed E-state index contributed by atoms with van der Waals surface area (Å²) in [5.74, 6) is 0. The van der Waals surface area contributed by atoms with E-state index in [4.69, 9.17) is 19.9 Å². The van der Waals surface area contributed by atoms with Crippen molar-refractivity contribution in [2.45, 2.75) is 62.5 Å². The van der Waals surface area contributed by atoms with Crippen LogP contribution in [0.5, 0.6) is 0 Å². The summed E-state index contributed by atoms with van der Waals surface area (Å²) >= 11 is 0. The fourth-order valence-corrected chi connectivity index (χ4v) is 3.18. The van der Waals surface area contributed by atoms with Crippen molar-refractivity contribution in [2.75, 3.05) is 13.2 Å². The number of alkyl carbamates (subject to hydrolysis) is 1. The predicted octanol–water partition coefficient (Wildman–Crippen LogP) is 0.539. The van der Waals surface area contributed by atoms with Crippen LogP contribution in [-0.4, -0.2) is 49.7 Å². The van der Waals surface area contributed by atoms with E-state index < -0.39 is 0 Å². The Bertz CT molecular complexity index is 333. The number of hydrogen-bond donors (Lipinski definition) is 2. The molecule has 0 spiro atoms. The van der Waals surface area contributed by atoms with E-state index in [-0.39, 0.29) is 36.5 Å². The molecule has 4 atom stereocenters. The summed E-state index contributed by atoms with van der Waals surface area (Å²) in [5, 5.41) is 2.93. The van der Waals surface area contributed by atoms with E-state index in [9.17, 15) is 4.79 Å². The maximum Gasteiger partial charge on any atom is 0.407 e. The molecule has 1 aliphatic carbocycles. The van der Waals surface area contributed by atoms with Gasteiger partial charge in [0.25, 0.3) is 0 Å². The standard InChI is InChI=1S/C13H22N2O4/c14-9-6-17-12-10(7-18-11(9)12)19-13(16)15-8-4-2-1-3-5-8/h8-12H,1-7,14H2,(H,15,16). The summed E-state index contributed by atoms with van der Waals surface area (Å²) in [6, 6.07) is 0.145. The Balaban J connectivity index is 1.47. The van der Waals surface area contributed by atoms with Crippen LogP contribution in [0.2, 0.25) is 0 Å². The van der Waals surface area contributed by atoms with Gasteiger partial charge in [0.15, 0.2) is 6.10 Å². The third-order valence-corrected chi connectivity index (χ3v) is 4.23. The van der Waals surface area contributed by atoms with E-state index in [0.29, 0.717) is 13.2 Å². The van der Waals surface area contributed by atoms with Gasteiger partial charge in [-0.05, 0) is 12.8 Å². The van der Waals surface area contributed by atoms with Crippen molar-refractivity contribution in [1.82, 2.24) is 5.32 Å². The molecule has 108 valence electrons. The first-order chi connectivity index (χ1) is 9.24. The number of fused-ring (bicyclic) bond motifs is 1. The number of rotatable bonds is 2. The zero-order chi connectivity index (χ0) is 13.2. The highest BCUT2D eigenvalue weighted by atomic mass is 16.6. The van der Waals surface area contributed by atoms with Gasteiger partial charge < -0.3 is 25.3 Å². The topological polar surface area (TPSA) is 82.8 Å². The summed E-state index contributed by atoms with van der Waals surface area (Å²) in [4.78, 5) is 11.9. The Labute approximate surface area is 112 Å². The first-order valence-electron chi connectivity index (χ1n) is 7.20. The average Bonchev–Trinajstić information content (AvgIpc) is 2.96. The van der Waals surface area contributed by atoms with Crippen molar-refractivity contribution >= 4 is 6.09 Å². The molecule has 6 nitrogen and oxygen atoms in total. The van der Waals surface area contributed by atoms with Crippen molar-refractivity contribution in [1.29, 1.82) is 0 Å². The molecule has 2 aliphatic heterocycles. The monoisotopic (exact) mass is 270 g/mol. The Morgan fingerprint density at radius 1 is 1.11 bits per heavy atom. The van der Waals surface area contributed by atoms with Crippen molar-refractivity contribution in [2.24, 2.45) is 5.73 Å². The molecule has 6 heteroatoms. The van der Waals surface area contributed by atoms with Gasteiger partial charge in [-0.2, -0.15) is 0 Å². The first-order valence-corrected chi connectivity index (χ1v) is 7.20. The van der Waals surface area contributed by atoms with Crippen LogP contribution in [0.15, 0.2) is 0 Å². The normalized spacial score (nSPS) is 39.0. The summed E-state index contributed by atoms with van der Waals surface area (Å²) < 4.78 is 16.5. The second-order valence-electron chi connectivity index (χ2n) is 5.68. The Morgan fingerprint density at radius 2 is 1.84 bits per heavy atom. The van der Waals surface area contributed by atoms with Crippen molar-refractivity contribution < 1.29 is 19.0 Å². The summed E-state index contributed by atoms with van der Waals surface area (Å²) in [5.41, 5.74) is 5.86. The molecule has 3 N–H and O–H groups in total. The number of carbonyl (C=O) groups is 1. The van der Waals surface area contributed by atoms with Crippen LogP contribution in [0.1, 0.15) is 32.1 Å². The van der Waals surface area contributed by atoms with Crippen LogP contribution in [-0.2, 0) is 14.2 Å². The van der Waals surface area contributed by atoms with Crippen molar-refractivity contribution in [3.8, 4) is 0 Å². The third kappa shape index (κ3) is 2.85. The second-order valence-corrected chi connectivity index (χ2v) is 5.68. The molecule has 2 heterocycles. The molecule has 0 bridgehead atoms. The average molecular weight is 270 g/mol. The maximum atomic E-state index is 11.9. The van der Waals surface area contributed by atoms with Gasteiger partial charge in [0.05, 0.1) is 19.3 Å². The summed E-state index contributed by atoms with van der Waals surface area (Å²) in [7, 11) is 0. The van der Waals surface area contributed by atoms with Gasteiger partial charge in [-0.25, -0.2) is 4.79 Å². The Morgan fingerprint density at radius 3 is 2.63 bits per heavy atom. The van der Waals surface area contributed by atoms with E-state index in [0.717, 1.165) is 12.8 Å². The number of amides is 1. The smallest absolute Gasteiger partial charge is 0.407 e. The molecule has 2 saturated heterocycles. The van der Waals surface area contributed by atoms with Gasteiger partial charge in [-0.3, -0.25) is 0 Å². The fourth-order valence-electron chi connectivity index (χ4n) is 3.18. The van der Waals surface area contributed by atoms with Gasteiger partial charge >= 0.3 is 6.09 Å². The molecule has 0 aromatic carbocycles. The number of nitrogens with two attached hydrogens (primary N) is 1. The van der Waals surface area contributed by atoms with Crippen LogP contribution in [0, 0.1) is 0 Å². The molecule has 1 amide bonds. The van der Waals surface area contributed by atoms with Gasteiger partial charge in [0.2, 0.25) is 0 Å². The minimum absolute atomic E-state index is 0.111. The zero-order valence-electron chi connectivity index (χ0n) is 11.0. The Hall–Kier alpha value is -0.850. The van der Waals surface area contributed by atoms with Crippen LogP contribution in [0.25, 0.3) is 0 Å². The van der Waals surface area contributed by atoms with Gasteiger partial charge in [-0.15, -0.1) is 0 Å². The fraction of sp³-hybridized carbons (Fsp3) is 0.923. The van der Waals surface area contributed by atoms with E-state index in [1.54, 1.807) is 0 Å². The molecule has 4 unspecified atom stereocenters. The maximum absolute atomic E-state index is 11.9. The van der Waals surface area contributed by atoms with Crippen LogP contribution in [0.4, 0.5) is 4.79 Å².